The molecular formula is C9H8O4. The van der Waals surface area contributed by atoms with E-state index in [-0.39, 0.29) is 24.2 Å². The van der Waals surface area contributed by atoms with Crippen molar-refractivity contribution in [3.05, 3.63) is 24.3 Å². The van der Waals surface area contributed by atoms with Crippen molar-refractivity contribution in [3.63, 3.8) is 0 Å². The maximum absolute atomic E-state index is 10.8. The van der Waals surface area contributed by atoms with Gasteiger partial charge >= 0.3 is 11.9 Å². The standard InChI is InChI=1S/C9H8O4/c1-2-7(10)4-3-6-5-8(11)13-9(6)12/h2,5H,1,3-4H2. The fourth-order valence-corrected chi connectivity index (χ4v) is 0.922. The summed E-state index contributed by atoms with van der Waals surface area (Å²) in [4.78, 5) is 32.2. The van der Waals surface area contributed by atoms with Gasteiger partial charge in [0.05, 0.1) is 0 Å². The summed E-state index contributed by atoms with van der Waals surface area (Å²) in [5, 5.41) is 0. The minimum Gasteiger partial charge on any atom is -0.386 e. The van der Waals surface area contributed by atoms with Crippen molar-refractivity contribution < 1.29 is 19.1 Å². The van der Waals surface area contributed by atoms with Gasteiger partial charge in [0.1, 0.15) is 0 Å². The lowest BCUT2D eigenvalue weighted by Crippen LogP contribution is -2.03. The van der Waals surface area contributed by atoms with Crippen LogP contribution in [0.2, 0.25) is 0 Å². The van der Waals surface area contributed by atoms with Crippen LogP contribution in [0.4, 0.5) is 0 Å². The Morgan fingerprint density at radius 2 is 2.23 bits per heavy atom. The van der Waals surface area contributed by atoms with E-state index in [9.17, 15) is 14.4 Å². The highest BCUT2D eigenvalue weighted by atomic mass is 16.6. The zero-order valence-electron chi connectivity index (χ0n) is 6.91. The Morgan fingerprint density at radius 3 is 2.69 bits per heavy atom. The van der Waals surface area contributed by atoms with Gasteiger partial charge in [-0.3, -0.25) is 4.79 Å². The van der Waals surface area contributed by atoms with Gasteiger partial charge in [0.15, 0.2) is 5.78 Å². The molecule has 1 heterocycles. The zero-order chi connectivity index (χ0) is 9.84. The van der Waals surface area contributed by atoms with Gasteiger partial charge in [-0.1, -0.05) is 6.58 Å². The van der Waals surface area contributed by atoms with Gasteiger partial charge in [-0.15, -0.1) is 0 Å². The van der Waals surface area contributed by atoms with E-state index < -0.39 is 11.9 Å². The molecule has 68 valence electrons. The number of rotatable bonds is 4. The number of hydrogen-bond donors (Lipinski definition) is 0. The van der Waals surface area contributed by atoms with Crippen molar-refractivity contribution in [3.8, 4) is 0 Å². The summed E-state index contributed by atoms with van der Waals surface area (Å²) < 4.78 is 4.23. The van der Waals surface area contributed by atoms with Gasteiger partial charge in [-0.25, -0.2) is 9.59 Å². The van der Waals surface area contributed by atoms with Crippen LogP contribution in [0.1, 0.15) is 12.8 Å². The third kappa shape index (κ3) is 2.37. The molecule has 13 heavy (non-hydrogen) atoms. The Balaban J connectivity index is 2.50. The molecule has 0 unspecified atom stereocenters. The van der Waals surface area contributed by atoms with E-state index in [0.717, 1.165) is 6.08 Å². The molecule has 1 aliphatic rings. The largest absolute Gasteiger partial charge is 0.386 e. The first kappa shape index (κ1) is 9.38. The van der Waals surface area contributed by atoms with Crippen molar-refractivity contribution in [2.24, 2.45) is 0 Å². The average Bonchev–Trinajstić information content (AvgIpc) is 2.41. The minimum absolute atomic E-state index is 0.159. The molecule has 0 atom stereocenters. The molecule has 4 nitrogen and oxygen atoms in total. The second-order valence-electron chi connectivity index (χ2n) is 2.55. The quantitative estimate of drug-likeness (QED) is 0.359. The van der Waals surface area contributed by atoms with Crippen LogP contribution in [0, 0.1) is 0 Å². The fraction of sp³-hybridized carbons (Fsp3) is 0.222. The molecule has 0 amide bonds. The summed E-state index contributed by atoms with van der Waals surface area (Å²) in [6.45, 7) is 3.29. The van der Waals surface area contributed by atoms with Gasteiger partial charge in [-0.2, -0.15) is 0 Å². The lowest BCUT2D eigenvalue weighted by Gasteiger charge is -1.94. The van der Waals surface area contributed by atoms with Crippen LogP contribution < -0.4 is 0 Å². The van der Waals surface area contributed by atoms with E-state index in [2.05, 4.69) is 11.3 Å². The van der Waals surface area contributed by atoms with Crippen LogP contribution in [0.15, 0.2) is 24.3 Å². The average molecular weight is 180 g/mol. The van der Waals surface area contributed by atoms with Crippen LogP contribution >= 0.6 is 0 Å². The zero-order valence-corrected chi connectivity index (χ0v) is 6.91. The molecule has 0 aromatic rings. The maximum Gasteiger partial charge on any atom is 0.342 e. The molecule has 0 saturated carbocycles. The normalized spacial score (nSPS) is 15.2. The topological polar surface area (TPSA) is 60.4 Å². The predicted molar refractivity (Wildman–Crippen MR) is 43.6 cm³/mol. The first-order chi connectivity index (χ1) is 6.13. The number of allylic oxidation sites excluding steroid dienone is 1. The van der Waals surface area contributed by atoms with Crippen LogP contribution in [0.3, 0.4) is 0 Å². The molecule has 1 aliphatic heterocycles. The fourth-order valence-electron chi connectivity index (χ4n) is 0.922. The summed E-state index contributed by atoms with van der Waals surface area (Å²) in [5.41, 5.74) is 0.250. The second-order valence-corrected chi connectivity index (χ2v) is 2.55. The maximum atomic E-state index is 10.8. The number of cyclic esters (lactones) is 2. The first-order valence-electron chi connectivity index (χ1n) is 3.75. The summed E-state index contributed by atoms with van der Waals surface area (Å²) >= 11 is 0. The van der Waals surface area contributed by atoms with Gasteiger partial charge < -0.3 is 4.74 Å². The molecule has 0 aromatic carbocycles. The Labute approximate surface area is 74.9 Å². The van der Waals surface area contributed by atoms with Gasteiger partial charge in [-0.05, 0) is 12.5 Å². The number of ketones is 1. The molecule has 0 bridgehead atoms. The summed E-state index contributed by atoms with van der Waals surface area (Å²) in [5.74, 6) is -1.47. The highest BCUT2D eigenvalue weighted by Crippen LogP contribution is 2.14. The number of carbonyl (C=O) groups is 3. The molecule has 0 aliphatic carbocycles. The molecule has 4 heteroatoms. The summed E-state index contributed by atoms with van der Waals surface area (Å²) in [6.07, 6.45) is 2.70. The number of carbonyl (C=O) groups excluding carboxylic acids is 3. The van der Waals surface area contributed by atoms with Crippen molar-refractivity contribution in [2.45, 2.75) is 12.8 Å². The Kier molecular flexibility index (Phi) is 2.74. The van der Waals surface area contributed by atoms with Gasteiger partial charge in [0, 0.05) is 18.1 Å². The van der Waals surface area contributed by atoms with Crippen molar-refractivity contribution in [1.29, 1.82) is 0 Å². The molecule has 0 radical (unpaired) electrons. The van der Waals surface area contributed by atoms with Crippen LogP contribution in [0.5, 0.6) is 0 Å². The Bertz CT molecular complexity index is 312. The van der Waals surface area contributed by atoms with E-state index in [1.54, 1.807) is 0 Å². The van der Waals surface area contributed by atoms with Crippen LogP contribution in [0.25, 0.3) is 0 Å². The first-order valence-corrected chi connectivity index (χ1v) is 3.75. The highest BCUT2D eigenvalue weighted by Gasteiger charge is 2.23. The van der Waals surface area contributed by atoms with E-state index in [1.807, 2.05) is 0 Å². The predicted octanol–water partition coefficient (Wildman–Crippen LogP) is 0.531. The second kappa shape index (κ2) is 3.80. The smallest absolute Gasteiger partial charge is 0.342 e. The van der Waals surface area contributed by atoms with E-state index >= 15 is 0 Å². The monoisotopic (exact) mass is 180 g/mol. The van der Waals surface area contributed by atoms with Crippen molar-refractivity contribution in [1.82, 2.24) is 0 Å². The van der Waals surface area contributed by atoms with Gasteiger partial charge in [0.2, 0.25) is 0 Å². The third-order valence-electron chi connectivity index (χ3n) is 1.62. The molecule has 0 aromatic heterocycles. The van der Waals surface area contributed by atoms with Crippen LogP contribution in [-0.2, 0) is 19.1 Å². The molecule has 0 N–H and O–H groups in total. The summed E-state index contributed by atoms with van der Waals surface area (Å²) in [7, 11) is 0. The minimum atomic E-state index is -0.661. The SMILES string of the molecule is C=CC(=O)CCC1=CC(=O)OC1=O. The molecule has 1 rings (SSSR count). The molecule has 0 fully saturated rings. The molecule has 0 saturated heterocycles. The van der Waals surface area contributed by atoms with Crippen molar-refractivity contribution in [2.75, 3.05) is 0 Å². The van der Waals surface area contributed by atoms with Crippen LogP contribution in [-0.4, -0.2) is 17.7 Å². The van der Waals surface area contributed by atoms with E-state index in [1.165, 1.54) is 6.08 Å². The Hall–Kier alpha value is -1.71. The van der Waals surface area contributed by atoms with Crippen molar-refractivity contribution >= 4 is 17.7 Å². The Morgan fingerprint density at radius 1 is 1.54 bits per heavy atom. The molecular weight excluding hydrogens is 172 g/mol. The highest BCUT2D eigenvalue weighted by molar-refractivity contribution is 6.09. The van der Waals surface area contributed by atoms with E-state index in [0.29, 0.717) is 0 Å². The number of esters is 2. The number of ether oxygens (including phenoxy) is 1. The lowest BCUT2D eigenvalue weighted by atomic mass is 10.1. The molecule has 0 spiro atoms. The third-order valence-corrected chi connectivity index (χ3v) is 1.62. The lowest BCUT2D eigenvalue weighted by molar-refractivity contribution is -0.150. The summed E-state index contributed by atoms with van der Waals surface area (Å²) in [6, 6.07) is 0. The van der Waals surface area contributed by atoms with E-state index in [4.69, 9.17) is 0 Å². The number of hydrogen-bond acceptors (Lipinski definition) is 4. The van der Waals surface area contributed by atoms with Gasteiger partial charge in [0.25, 0.3) is 0 Å².